The Kier molecular flexibility index (Phi) is 4.47. The van der Waals surface area contributed by atoms with Crippen molar-refractivity contribution >= 4 is 17.2 Å². The molecule has 1 amide bonds. The SMILES string of the molecule is Cc1nc(C)c(CC(=O)NCc2nc(-c3ccccc3)no2)s1. The Morgan fingerprint density at radius 3 is 2.70 bits per heavy atom. The van der Waals surface area contributed by atoms with Gasteiger partial charge in [-0.15, -0.1) is 11.3 Å². The number of aryl methyl sites for hydroxylation is 2. The molecule has 0 atom stereocenters. The van der Waals surface area contributed by atoms with Crippen LogP contribution < -0.4 is 5.32 Å². The third-order valence-electron chi connectivity index (χ3n) is 3.26. The maximum Gasteiger partial charge on any atom is 0.246 e. The second-order valence-electron chi connectivity index (χ2n) is 5.07. The summed E-state index contributed by atoms with van der Waals surface area (Å²) in [4.78, 5) is 21.6. The second kappa shape index (κ2) is 6.70. The van der Waals surface area contributed by atoms with Crippen molar-refractivity contribution in [1.29, 1.82) is 0 Å². The molecule has 0 aliphatic heterocycles. The highest BCUT2D eigenvalue weighted by Crippen LogP contribution is 2.18. The number of amides is 1. The van der Waals surface area contributed by atoms with Crippen molar-refractivity contribution in [2.75, 3.05) is 0 Å². The molecule has 1 aromatic carbocycles. The molecular weight excluding hydrogens is 312 g/mol. The summed E-state index contributed by atoms with van der Waals surface area (Å²) in [6, 6.07) is 9.55. The van der Waals surface area contributed by atoms with Crippen molar-refractivity contribution in [3.05, 3.63) is 51.8 Å². The first-order valence-corrected chi connectivity index (χ1v) is 8.01. The molecule has 2 aromatic heterocycles. The summed E-state index contributed by atoms with van der Waals surface area (Å²) < 4.78 is 5.16. The first kappa shape index (κ1) is 15.4. The second-order valence-corrected chi connectivity index (χ2v) is 6.36. The highest BCUT2D eigenvalue weighted by Gasteiger charge is 2.12. The summed E-state index contributed by atoms with van der Waals surface area (Å²) >= 11 is 1.54. The standard InChI is InChI=1S/C16H16N4O2S/c1-10-13(23-11(2)18-10)8-14(21)17-9-15-19-16(20-22-15)12-6-4-3-5-7-12/h3-7H,8-9H2,1-2H3,(H,17,21). The van der Waals surface area contributed by atoms with E-state index in [0.717, 1.165) is 21.1 Å². The maximum atomic E-state index is 12.0. The van der Waals surface area contributed by atoms with Gasteiger partial charge in [-0.2, -0.15) is 4.98 Å². The highest BCUT2D eigenvalue weighted by molar-refractivity contribution is 7.11. The smallest absolute Gasteiger partial charge is 0.246 e. The van der Waals surface area contributed by atoms with Gasteiger partial charge in [0.1, 0.15) is 0 Å². The van der Waals surface area contributed by atoms with Crippen molar-refractivity contribution in [3.8, 4) is 11.4 Å². The molecule has 3 aromatic rings. The molecule has 3 rings (SSSR count). The predicted octanol–water partition coefficient (Wildman–Crippen LogP) is 2.67. The van der Waals surface area contributed by atoms with Crippen LogP contribution in [-0.4, -0.2) is 21.0 Å². The van der Waals surface area contributed by atoms with Gasteiger partial charge in [-0.05, 0) is 13.8 Å². The number of benzene rings is 1. The highest BCUT2D eigenvalue weighted by atomic mass is 32.1. The molecule has 0 saturated carbocycles. The van der Waals surface area contributed by atoms with Crippen LogP contribution in [0.2, 0.25) is 0 Å². The summed E-state index contributed by atoms with van der Waals surface area (Å²) in [7, 11) is 0. The number of hydrogen-bond donors (Lipinski definition) is 1. The molecular formula is C16H16N4O2S. The van der Waals surface area contributed by atoms with Crippen LogP contribution in [-0.2, 0) is 17.8 Å². The third kappa shape index (κ3) is 3.81. The minimum atomic E-state index is -0.0868. The van der Waals surface area contributed by atoms with E-state index in [1.807, 2.05) is 44.2 Å². The van der Waals surface area contributed by atoms with Gasteiger partial charge in [0.2, 0.25) is 17.6 Å². The molecule has 7 heteroatoms. The van der Waals surface area contributed by atoms with E-state index in [1.165, 1.54) is 0 Å². The van der Waals surface area contributed by atoms with E-state index < -0.39 is 0 Å². The van der Waals surface area contributed by atoms with E-state index in [-0.39, 0.29) is 12.5 Å². The Morgan fingerprint density at radius 1 is 1.22 bits per heavy atom. The molecule has 1 N–H and O–H groups in total. The molecule has 0 unspecified atom stereocenters. The van der Waals surface area contributed by atoms with Gasteiger partial charge in [-0.3, -0.25) is 4.79 Å². The monoisotopic (exact) mass is 328 g/mol. The summed E-state index contributed by atoms with van der Waals surface area (Å²) in [6.07, 6.45) is 0.316. The Bertz CT molecular complexity index is 811. The Morgan fingerprint density at radius 2 is 2.00 bits per heavy atom. The molecule has 2 heterocycles. The van der Waals surface area contributed by atoms with Crippen molar-refractivity contribution in [2.24, 2.45) is 0 Å². The van der Waals surface area contributed by atoms with E-state index in [1.54, 1.807) is 11.3 Å². The molecule has 23 heavy (non-hydrogen) atoms. The molecule has 0 radical (unpaired) electrons. The van der Waals surface area contributed by atoms with Crippen molar-refractivity contribution in [2.45, 2.75) is 26.8 Å². The number of carbonyl (C=O) groups is 1. The van der Waals surface area contributed by atoms with Crippen LogP contribution in [0.3, 0.4) is 0 Å². The average molecular weight is 328 g/mol. The zero-order valence-corrected chi connectivity index (χ0v) is 13.7. The van der Waals surface area contributed by atoms with Gasteiger partial charge in [0.05, 0.1) is 23.7 Å². The summed E-state index contributed by atoms with van der Waals surface area (Å²) in [5.74, 6) is 0.814. The van der Waals surface area contributed by atoms with Gasteiger partial charge in [-0.1, -0.05) is 35.5 Å². The molecule has 6 nitrogen and oxygen atoms in total. The minimum absolute atomic E-state index is 0.0868. The number of carbonyl (C=O) groups excluding carboxylic acids is 1. The molecule has 118 valence electrons. The summed E-state index contributed by atoms with van der Waals surface area (Å²) in [5, 5.41) is 7.68. The van der Waals surface area contributed by atoms with Gasteiger partial charge in [-0.25, -0.2) is 4.98 Å². The van der Waals surface area contributed by atoms with E-state index in [2.05, 4.69) is 20.4 Å². The van der Waals surface area contributed by atoms with Crippen molar-refractivity contribution in [1.82, 2.24) is 20.4 Å². The summed E-state index contributed by atoms with van der Waals surface area (Å²) in [6.45, 7) is 4.06. The van der Waals surface area contributed by atoms with Crippen LogP contribution >= 0.6 is 11.3 Å². The zero-order valence-electron chi connectivity index (χ0n) is 12.9. The lowest BCUT2D eigenvalue weighted by molar-refractivity contribution is -0.120. The van der Waals surface area contributed by atoms with E-state index >= 15 is 0 Å². The van der Waals surface area contributed by atoms with Gasteiger partial charge in [0.25, 0.3) is 0 Å². The van der Waals surface area contributed by atoms with Crippen LogP contribution in [0.25, 0.3) is 11.4 Å². The average Bonchev–Trinajstić information content (AvgIpc) is 3.13. The largest absolute Gasteiger partial charge is 0.347 e. The van der Waals surface area contributed by atoms with Crippen LogP contribution in [0.1, 0.15) is 21.5 Å². The fraction of sp³-hybridized carbons (Fsp3) is 0.250. The van der Waals surface area contributed by atoms with Crippen molar-refractivity contribution < 1.29 is 9.32 Å². The third-order valence-corrected chi connectivity index (χ3v) is 4.33. The predicted molar refractivity (Wildman–Crippen MR) is 86.9 cm³/mol. The van der Waals surface area contributed by atoms with Crippen LogP contribution in [0.15, 0.2) is 34.9 Å². The Labute approximate surface area is 137 Å². The molecule has 0 spiro atoms. The zero-order chi connectivity index (χ0) is 16.2. The van der Waals surface area contributed by atoms with Gasteiger partial charge in [0.15, 0.2) is 0 Å². The Balaban J connectivity index is 1.57. The number of aromatic nitrogens is 3. The summed E-state index contributed by atoms with van der Waals surface area (Å²) in [5.41, 5.74) is 1.79. The molecule has 0 aliphatic rings. The van der Waals surface area contributed by atoms with Crippen LogP contribution in [0, 0.1) is 13.8 Å². The molecule has 0 saturated heterocycles. The topological polar surface area (TPSA) is 80.9 Å². The number of rotatable bonds is 5. The first-order chi connectivity index (χ1) is 11.1. The van der Waals surface area contributed by atoms with Gasteiger partial charge < -0.3 is 9.84 Å². The minimum Gasteiger partial charge on any atom is -0.347 e. The number of nitrogens with one attached hydrogen (secondary N) is 1. The first-order valence-electron chi connectivity index (χ1n) is 7.19. The van der Waals surface area contributed by atoms with Crippen LogP contribution in [0.5, 0.6) is 0 Å². The van der Waals surface area contributed by atoms with E-state index in [4.69, 9.17) is 4.52 Å². The Hall–Kier alpha value is -2.54. The van der Waals surface area contributed by atoms with Crippen molar-refractivity contribution in [3.63, 3.8) is 0 Å². The van der Waals surface area contributed by atoms with Gasteiger partial charge in [0, 0.05) is 10.4 Å². The molecule has 0 aliphatic carbocycles. The fourth-order valence-corrected chi connectivity index (χ4v) is 3.09. The van der Waals surface area contributed by atoms with E-state index in [9.17, 15) is 4.79 Å². The number of nitrogens with zero attached hydrogens (tertiary/aromatic N) is 3. The lowest BCUT2D eigenvalue weighted by atomic mass is 10.2. The van der Waals surface area contributed by atoms with Gasteiger partial charge >= 0.3 is 0 Å². The normalized spacial score (nSPS) is 10.7. The molecule has 0 bridgehead atoms. The van der Waals surface area contributed by atoms with E-state index in [0.29, 0.717) is 18.1 Å². The lowest BCUT2D eigenvalue weighted by Gasteiger charge is -2.00. The molecule has 0 fully saturated rings. The quantitative estimate of drug-likeness (QED) is 0.779. The number of hydrogen-bond acceptors (Lipinski definition) is 6. The maximum absolute atomic E-state index is 12.0. The lowest BCUT2D eigenvalue weighted by Crippen LogP contribution is -2.24. The number of thiazole rings is 1. The van der Waals surface area contributed by atoms with Crippen LogP contribution in [0.4, 0.5) is 0 Å². The fourth-order valence-electron chi connectivity index (χ4n) is 2.15.